The maximum absolute atomic E-state index is 12.0. The third kappa shape index (κ3) is 6.80. The van der Waals surface area contributed by atoms with Crippen LogP contribution in [0.2, 0.25) is 5.02 Å². The fourth-order valence-corrected chi connectivity index (χ4v) is 2.33. The summed E-state index contributed by atoms with van der Waals surface area (Å²) in [6.07, 6.45) is 2.41. The predicted molar refractivity (Wildman–Crippen MR) is 89.4 cm³/mol. The number of aliphatic hydroxyl groups excluding tert-OH is 1. The van der Waals surface area contributed by atoms with E-state index in [2.05, 4.69) is 4.74 Å². The van der Waals surface area contributed by atoms with E-state index < -0.39 is 17.7 Å². The Morgan fingerprint density at radius 1 is 1.09 bits per heavy atom. The number of aliphatic hydroxyl groups is 1. The highest BCUT2D eigenvalue weighted by molar-refractivity contribution is 8.04. The van der Waals surface area contributed by atoms with E-state index in [0.717, 1.165) is 22.7 Å². The van der Waals surface area contributed by atoms with E-state index in [4.69, 9.17) is 16.3 Å². The molecule has 7 heteroatoms. The zero-order valence-electron chi connectivity index (χ0n) is 12.7. The van der Waals surface area contributed by atoms with E-state index in [9.17, 15) is 14.7 Å². The van der Waals surface area contributed by atoms with E-state index in [0.29, 0.717) is 5.02 Å². The van der Waals surface area contributed by atoms with Crippen molar-refractivity contribution < 1.29 is 24.2 Å². The molecule has 124 valence electrons. The number of thioether (sulfide) groups is 1. The molecular formula is C16H17ClO5S. The van der Waals surface area contributed by atoms with Crippen LogP contribution in [0.15, 0.2) is 52.0 Å². The summed E-state index contributed by atoms with van der Waals surface area (Å²) in [7, 11) is 0. The van der Waals surface area contributed by atoms with Gasteiger partial charge in [0, 0.05) is 9.92 Å². The van der Waals surface area contributed by atoms with Crippen molar-refractivity contribution in [2.24, 2.45) is 0 Å². The third-order valence-electron chi connectivity index (χ3n) is 2.40. The first-order valence-corrected chi connectivity index (χ1v) is 8.06. The van der Waals surface area contributed by atoms with Crippen molar-refractivity contribution >= 4 is 35.3 Å². The van der Waals surface area contributed by atoms with Crippen molar-refractivity contribution in [3.63, 3.8) is 0 Å². The Balaban J connectivity index is 2.97. The molecule has 23 heavy (non-hydrogen) atoms. The Kier molecular flexibility index (Phi) is 8.29. The van der Waals surface area contributed by atoms with Crippen LogP contribution in [0.5, 0.6) is 0 Å². The van der Waals surface area contributed by atoms with Crippen molar-refractivity contribution in [2.75, 3.05) is 13.2 Å². The SMILES string of the molecule is CCOC(=O)/C(O)=C/C=C(\Sc1ccc(Cl)cc1)C(=O)OCC. The van der Waals surface area contributed by atoms with Crippen LogP contribution in [0.25, 0.3) is 0 Å². The van der Waals surface area contributed by atoms with Crippen molar-refractivity contribution in [3.8, 4) is 0 Å². The van der Waals surface area contributed by atoms with Crippen molar-refractivity contribution in [1.29, 1.82) is 0 Å². The molecule has 0 unspecified atom stereocenters. The predicted octanol–water partition coefficient (Wildman–Crippen LogP) is 3.88. The van der Waals surface area contributed by atoms with Crippen LogP contribution in [-0.2, 0) is 19.1 Å². The molecule has 1 aromatic carbocycles. The quantitative estimate of drug-likeness (QED) is 0.263. The first kappa shape index (κ1) is 19.1. The molecule has 0 saturated carbocycles. The first-order chi connectivity index (χ1) is 11.0. The summed E-state index contributed by atoms with van der Waals surface area (Å²) < 4.78 is 9.61. The fraction of sp³-hybridized carbons (Fsp3) is 0.250. The Morgan fingerprint density at radius 2 is 1.65 bits per heavy atom. The average Bonchev–Trinajstić information content (AvgIpc) is 2.53. The van der Waals surface area contributed by atoms with Crippen LogP contribution in [0, 0.1) is 0 Å². The number of carbonyl (C=O) groups excluding carboxylic acids is 2. The third-order valence-corrected chi connectivity index (χ3v) is 3.68. The van der Waals surface area contributed by atoms with Crippen LogP contribution in [-0.4, -0.2) is 30.3 Å². The first-order valence-electron chi connectivity index (χ1n) is 6.86. The van der Waals surface area contributed by atoms with Gasteiger partial charge in [-0.25, -0.2) is 9.59 Å². The van der Waals surface area contributed by atoms with E-state index in [1.807, 2.05) is 0 Å². The van der Waals surface area contributed by atoms with Gasteiger partial charge in [0.25, 0.3) is 0 Å². The summed E-state index contributed by atoms with van der Waals surface area (Å²) in [5.41, 5.74) is 0. The molecule has 0 fully saturated rings. The van der Waals surface area contributed by atoms with E-state index in [1.165, 1.54) is 6.08 Å². The van der Waals surface area contributed by atoms with Gasteiger partial charge in [-0.1, -0.05) is 23.4 Å². The number of halogens is 1. The van der Waals surface area contributed by atoms with E-state index in [1.54, 1.807) is 38.1 Å². The largest absolute Gasteiger partial charge is 0.502 e. The van der Waals surface area contributed by atoms with Gasteiger partial charge in [0.05, 0.1) is 18.1 Å². The van der Waals surface area contributed by atoms with Gasteiger partial charge in [0.1, 0.15) is 0 Å². The summed E-state index contributed by atoms with van der Waals surface area (Å²) in [5, 5.41) is 10.2. The fourth-order valence-electron chi connectivity index (χ4n) is 1.40. The van der Waals surface area contributed by atoms with Crippen molar-refractivity contribution in [3.05, 3.63) is 52.1 Å². The summed E-state index contributed by atoms with van der Waals surface area (Å²) in [5.74, 6) is -2.01. The lowest BCUT2D eigenvalue weighted by Crippen LogP contribution is -2.07. The number of ether oxygens (including phenoxy) is 2. The Hall–Kier alpha value is -1.92. The van der Waals surface area contributed by atoms with Crippen molar-refractivity contribution in [1.82, 2.24) is 0 Å². The highest BCUT2D eigenvalue weighted by Crippen LogP contribution is 2.28. The minimum Gasteiger partial charge on any atom is -0.502 e. The molecule has 1 N–H and O–H groups in total. The molecule has 0 bridgehead atoms. The second-order valence-electron chi connectivity index (χ2n) is 4.08. The van der Waals surface area contributed by atoms with Crippen LogP contribution < -0.4 is 0 Å². The monoisotopic (exact) mass is 356 g/mol. The molecule has 0 amide bonds. The lowest BCUT2D eigenvalue weighted by Gasteiger charge is -2.06. The zero-order chi connectivity index (χ0) is 17.2. The van der Waals surface area contributed by atoms with Crippen molar-refractivity contribution in [2.45, 2.75) is 18.7 Å². The Morgan fingerprint density at radius 3 is 2.22 bits per heavy atom. The van der Waals surface area contributed by atoms with Gasteiger partial charge in [-0.2, -0.15) is 0 Å². The lowest BCUT2D eigenvalue weighted by molar-refractivity contribution is -0.141. The summed E-state index contributed by atoms with van der Waals surface area (Å²) in [4.78, 5) is 24.3. The van der Waals surface area contributed by atoms with E-state index in [-0.39, 0.29) is 18.1 Å². The number of allylic oxidation sites excluding steroid dienone is 2. The van der Waals surface area contributed by atoms with Gasteiger partial charge in [-0.05, 0) is 50.3 Å². The molecule has 0 radical (unpaired) electrons. The molecule has 0 atom stereocenters. The summed E-state index contributed by atoms with van der Waals surface area (Å²) in [6, 6.07) is 6.88. The van der Waals surface area contributed by atoms with Crippen LogP contribution in [0.3, 0.4) is 0 Å². The molecule has 0 aliphatic carbocycles. The van der Waals surface area contributed by atoms with Crippen LogP contribution in [0.1, 0.15) is 13.8 Å². The minimum atomic E-state index is -0.858. The highest BCUT2D eigenvalue weighted by Gasteiger charge is 2.13. The number of esters is 2. The molecule has 1 rings (SSSR count). The minimum absolute atomic E-state index is 0.144. The van der Waals surface area contributed by atoms with Crippen LogP contribution in [0.4, 0.5) is 0 Å². The molecule has 0 heterocycles. The maximum Gasteiger partial charge on any atom is 0.373 e. The topological polar surface area (TPSA) is 72.8 Å². The van der Waals surface area contributed by atoms with Gasteiger partial charge in [0.2, 0.25) is 5.76 Å². The lowest BCUT2D eigenvalue weighted by atomic mass is 10.4. The summed E-state index contributed by atoms with van der Waals surface area (Å²) >= 11 is 6.95. The molecule has 5 nitrogen and oxygen atoms in total. The smallest absolute Gasteiger partial charge is 0.373 e. The second-order valence-corrected chi connectivity index (χ2v) is 5.63. The number of hydrogen-bond donors (Lipinski definition) is 1. The normalized spacial score (nSPS) is 12.0. The number of hydrogen-bond acceptors (Lipinski definition) is 6. The van der Waals surface area contributed by atoms with Gasteiger partial charge in [0.15, 0.2) is 0 Å². The van der Waals surface area contributed by atoms with Gasteiger partial charge in [-0.3, -0.25) is 0 Å². The Bertz CT molecular complexity index is 607. The molecular weight excluding hydrogens is 340 g/mol. The number of benzene rings is 1. The molecule has 0 aliphatic rings. The molecule has 0 spiro atoms. The van der Waals surface area contributed by atoms with Gasteiger partial charge in [-0.15, -0.1) is 0 Å². The molecule has 1 aromatic rings. The Labute approximate surface area is 143 Å². The average molecular weight is 357 g/mol. The van der Waals surface area contributed by atoms with E-state index >= 15 is 0 Å². The summed E-state index contributed by atoms with van der Waals surface area (Å²) in [6.45, 7) is 3.67. The second kappa shape index (κ2) is 9.97. The number of carbonyl (C=O) groups is 2. The standard InChI is InChI=1S/C16H17ClO5S/c1-3-21-15(19)13(18)9-10-14(16(20)22-4-2)23-12-7-5-11(17)6-8-12/h5-10,18H,3-4H2,1-2H3/b13-9-,14-10-. The number of rotatable bonds is 7. The highest BCUT2D eigenvalue weighted by atomic mass is 35.5. The molecule has 0 aromatic heterocycles. The maximum atomic E-state index is 12.0. The van der Waals surface area contributed by atoms with Crippen LogP contribution >= 0.6 is 23.4 Å². The zero-order valence-corrected chi connectivity index (χ0v) is 14.3. The molecule has 0 saturated heterocycles. The molecule has 0 aliphatic heterocycles. The van der Waals surface area contributed by atoms with Gasteiger partial charge < -0.3 is 14.6 Å². The van der Waals surface area contributed by atoms with Gasteiger partial charge >= 0.3 is 11.9 Å².